The average molecular weight is 349 g/mol. The van der Waals surface area contributed by atoms with Gasteiger partial charge in [-0.05, 0) is 66.6 Å². The van der Waals surface area contributed by atoms with Gasteiger partial charge in [0, 0.05) is 29.1 Å². The minimum absolute atomic E-state index is 0.220. The molecule has 5 atom stereocenters. The fourth-order valence-electron chi connectivity index (χ4n) is 4.64. The number of ether oxygens (including phenoxy) is 1. The Hall–Kier alpha value is -2.56. The van der Waals surface area contributed by atoms with E-state index < -0.39 is 0 Å². The summed E-state index contributed by atoms with van der Waals surface area (Å²) in [7, 11) is 1.66. The third kappa shape index (κ3) is 2.81. The zero-order valence-electron chi connectivity index (χ0n) is 15.0. The van der Waals surface area contributed by atoms with Gasteiger partial charge in [0.1, 0.15) is 5.75 Å². The first-order valence-electron chi connectivity index (χ1n) is 9.08. The normalized spacial score (nSPS) is 28.3. The standard InChI is InChI=1S/C20H23N5O/c1-3-13-12-25-9-7-14(13)10-19(25)20(23-24-21)16-6-8-22-18-5-4-15(26-2)11-17(16)18/h3-6,8,11,13-14,19-20H,1,7,9-10,12H2,2H3/t13-,14?,19?,20+/m0/s1. The van der Waals surface area contributed by atoms with Crippen molar-refractivity contribution in [2.75, 3.05) is 20.2 Å². The number of methoxy groups -OCH3 is 1. The van der Waals surface area contributed by atoms with E-state index in [1.54, 1.807) is 13.3 Å². The van der Waals surface area contributed by atoms with Gasteiger partial charge < -0.3 is 4.74 Å². The lowest BCUT2D eigenvalue weighted by atomic mass is 9.73. The Morgan fingerprint density at radius 2 is 2.35 bits per heavy atom. The predicted octanol–water partition coefficient (Wildman–Crippen LogP) is 4.49. The fraction of sp³-hybridized carbons (Fsp3) is 0.450. The second kappa shape index (κ2) is 6.98. The summed E-state index contributed by atoms with van der Waals surface area (Å²) in [5.74, 6) is 1.95. The van der Waals surface area contributed by atoms with Gasteiger partial charge in [0.2, 0.25) is 0 Å². The van der Waals surface area contributed by atoms with Crippen LogP contribution in [0.15, 0.2) is 48.2 Å². The zero-order valence-corrected chi connectivity index (χ0v) is 15.0. The lowest BCUT2D eigenvalue weighted by Crippen LogP contribution is -2.54. The molecule has 2 aromatic rings. The van der Waals surface area contributed by atoms with E-state index in [1.807, 2.05) is 24.3 Å². The van der Waals surface area contributed by atoms with E-state index in [-0.39, 0.29) is 12.1 Å². The largest absolute Gasteiger partial charge is 0.497 e. The molecule has 2 unspecified atom stereocenters. The van der Waals surface area contributed by atoms with Crippen LogP contribution in [0.3, 0.4) is 0 Å². The lowest BCUT2D eigenvalue weighted by Gasteiger charge is -2.51. The maximum atomic E-state index is 9.25. The maximum Gasteiger partial charge on any atom is 0.119 e. The highest BCUT2D eigenvalue weighted by Crippen LogP contribution is 2.43. The van der Waals surface area contributed by atoms with Crippen molar-refractivity contribution in [1.29, 1.82) is 0 Å². The maximum absolute atomic E-state index is 9.25. The third-order valence-corrected chi connectivity index (χ3v) is 6.00. The molecule has 134 valence electrons. The number of azide groups is 1. The Morgan fingerprint density at radius 1 is 1.46 bits per heavy atom. The van der Waals surface area contributed by atoms with E-state index in [9.17, 15) is 5.53 Å². The summed E-state index contributed by atoms with van der Waals surface area (Å²) in [4.78, 5) is 10.1. The van der Waals surface area contributed by atoms with Crippen molar-refractivity contribution in [2.45, 2.75) is 24.9 Å². The van der Waals surface area contributed by atoms with Crippen molar-refractivity contribution < 1.29 is 4.74 Å². The van der Waals surface area contributed by atoms with Crippen LogP contribution in [0.1, 0.15) is 24.4 Å². The lowest BCUT2D eigenvalue weighted by molar-refractivity contribution is 0.00758. The van der Waals surface area contributed by atoms with Gasteiger partial charge >= 0.3 is 0 Å². The SMILES string of the molecule is C=C[C@H]1C[N@@]2CCC1CC2[C@H](N=[N+]=[N-])c1ccnc2ccc(OC)cc12. The van der Waals surface area contributed by atoms with Gasteiger partial charge in [0.25, 0.3) is 0 Å². The summed E-state index contributed by atoms with van der Waals surface area (Å²) < 4.78 is 5.39. The topological polar surface area (TPSA) is 74.1 Å². The number of rotatable bonds is 5. The molecule has 2 bridgehead atoms. The van der Waals surface area contributed by atoms with Crippen LogP contribution < -0.4 is 4.74 Å². The van der Waals surface area contributed by atoms with Crippen LogP contribution in [0, 0.1) is 11.8 Å². The van der Waals surface area contributed by atoms with E-state index in [4.69, 9.17) is 4.74 Å². The highest BCUT2D eigenvalue weighted by molar-refractivity contribution is 5.84. The van der Waals surface area contributed by atoms with Gasteiger partial charge in [0.05, 0.1) is 18.7 Å². The fourth-order valence-corrected chi connectivity index (χ4v) is 4.64. The molecule has 3 saturated heterocycles. The van der Waals surface area contributed by atoms with Crippen molar-refractivity contribution in [1.82, 2.24) is 9.88 Å². The Morgan fingerprint density at radius 3 is 3.04 bits per heavy atom. The Balaban J connectivity index is 1.77. The van der Waals surface area contributed by atoms with Gasteiger partial charge in [-0.25, -0.2) is 0 Å². The van der Waals surface area contributed by atoms with Crippen LogP contribution in [0.2, 0.25) is 0 Å². The van der Waals surface area contributed by atoms with Crippen molar-refractivity contribution in [3.63, 3.8) is 0 Å². The first-order valence-corrected chi connectivity index (χ1v) is 9.08. The van der Waals surface area contributed by atoms with Crippen LogP contribution in [0.4, 0.5) is 0 Å². The molecule has 0 spiro atoms. The summed E-state index contributed by atoms with van der Waals surface area (Å²) >= 11 is 0. The molecule has 3 aliphatic rings. The summed E-state index contributed by atoms with van der Waals surface area (Å²) in [5.41, 5.74) is 11.2. The molecule has 0 radical (unpaired) electrons. The highest BCUT2D eigenvalue weighted by Gasteiger charge is 2.42. The van der Waals surface area contributed by atoms with E-state index in [2.05, 4.69) is 32.6 Å². The van der Waals surface area contributed by atoms with Crippen LogP contribution >= 0.6 is 0 Å². The van der Waals surface area contributed by atoms with Crippen LogP contribution in [-0.4, -0.2) is 36.1 Å². The van der Waals surface area contributed by atoms with E-state index in [1.165, 1.54) is 6.42 Å². The molecule has 0 saturated carbocycles. The van der Waals surface area contributed by atoms with Crippen molar-refractivity contribution in [3.8, 4) is 5.75 Å². The molecular weight excluding hydrogens is 326 g/mol. The first kappa shape index (κ1) is 16.9. The van der Waals surface area contributed by atoms with E-state index >= 15 is 0 Å². The third-order valence-electron chi connectivity index (χ3n) is 6.00. The highest BCUT2D eigenvalue weighted by atomic mass is 16.5. The quantitative estimate of drug-likeness (QED) is 0.345. The van der Waals surface area contributed by atoms with E-state index in [0.717, 1.165) is 41.7 Å². The number of pyridine rings is 1. The number of nitrogens with zero attached hydrogens (tertiary/aromatic N) is 5. The minimum atomic E-state index is -0.230. The first-order chi connectivity index (χ1) is 12.7. The number of hydrogen-bond acceptors (Lipinski definition) is 4. The number of aromatic nitrogens is 1. The second-order valence-electron chi connectivity index (χ2n) is 7.18. The van der Waals surface area contributed by atoms with Gasteiger partial charge in [-0.15, -0.1) is 6.58 Å². The van der Waals surface area contributed by atoms with Crippen molar-refractivity contribution in [2.24, 2.45) is 17.0 Å². The van der Waals surface area contributed by atoms with Crippen molar-refractivity contribution >= 4 is 10.9 Å². The van der Waals surface area contributed by atoms with Gasteiger partial charge in [-0.2, -0.15) is 0 Å². The number of hydrogen-bond donors (Lipinski definition) is 0. The van der Waals surface area contributed by atoms with Crippen molar-refractivity contribution in [3.05, 3.63) is 59.1 Å². The number of piperidine rings is 3. The van der Waals surface area contributed by atoms with Gasteiger partial charge in [-0.1, -0.05) is 11.2 Å². The predicted molar refractivity (Wildman–Crippen MR) is 102 cm³/mol. The van der Waals surface area contributed by atoms with E-state index in [0.29, 0.717) is 11.8 Å². The molecule has 3 aliphatic heterocycles. The molecule has 1 aromatic heterocycles. The number of fused-ring (bicyclic) bond motifs is 4. The molecule has 6 nitrogen and oxygen atoms in total. The molecule has 1 aromatic carbocycles. The summed E-state index contributed by atoms with van der Waals surface area (Å²) in [6, 6.07) is 7.81. The van der Waals surface area contributed by atoms with Crippen LogP contribution in [-0.2, 0) is 0 Å². The van der Waals surface area contributed by atoms with Crippen LogP contribution in [0.5, 0.6) is 5.75 Å². The van der Waals surface area contributed by atoms with Gasteiger partial charge in [-0.3, -0.25) is 9.88 Å². The smallest absolute Gasteiger partial charge is 0.119 e. The molecule has 4 heterocycles. The Kier molecular flexibility index (Phi) is 4.53. The second-order valence-corrected chi connectivity index (χ2v) is 7.18. The molecule has 26 heavy (non-hydrogen) atoms. The Bertz CT molecular complexity index is 876. The molecule has 6 heteroatoms. The zero-order chi connectivity index (χ0) is 18.1. The molecular formula is C20H23N5O. The monoisotopic (exact) mass is 349 g/mol. The molecule has 0 N–H and O–H groups in total. The molecule has 0 amide bonds. The Labute approximate surface area is 153 Å². The molecule has 5 rings (SSSR count). The molecule has 3 fully saturated rings. The van der Waals surface area contributed by atoms with Gasteiger partial charge in [0.15, 0.2) is 0 Å². The summed E-state index contributed by atoms with van der Waals surface area (Å²) in [5, 5.41) is 5.23. The summed E-state index contributed by atoms with van der Waals surface area (Å²) in [6.07, 6.45) is 6.12. The van der Waals surface area contributed by atoms with Crippen LogP contribution in [0.25, 0.3) is 21.3 Å². The number of benzene rings is 1. The minimum Gasteiger partial charge on any atom is -0.497 e. The summed E-state index contributed by atoms with van der Waals surface area (Å²) in [6.45, 7) is 6.06. The molecule has 0 aliphatic carbocycles. The average Bonchev–Trinajstić information content (AvgIpc) is 2.71.